The van der Waals surface area contributed by atoms with Crippen molar-refractivity contribution in [2.45, 2.75) is 329 Å². The fourth-order valence-corrected chi connectivity index (χ4v) is 8.75. The van der Waals surface area contributed by atoms with Crippen LogP contribution in [0.1, 0.15) is 323 Å². The predicted molar refractivity (Wildman–Crippen MR) is 270 cm³/mol. The quantitative estimate of drug-likeness (QED) is 0.0344. The molecule has 0 aromatic rings. The van der Waals surface area contributed by atoms with Gasteiger partial charge in [0.2, 0.25) is 0 Å². The average molecular weight is 892 g/mol. The first kappa shape index (κ1) is 61.4. The molecule has 0 radical (unpaired) electrons. The monoisotopic (exact) mass is 891 g/mol. The van der Waals surface area contributed by atoms with Crippen LogP contribution in [0.5, 0.6) is 0 Å². The maximum absolute atomic E-state index is 12.8. The van der Waals surface area contributed by atoms with E-state index in [0.29, 0.717) is 19.3 Å². The molecular formula is C57H110O6. The second kappa shape index (κ2) is 51.4. The second-order valence-electron chi connectivity index (χ2n) is 20.1. The molecule has 1 atom stereocenters. The molecular weight excluding hydrogens is 781 g/mol. The van der Waals surface area contributed by atoms with Crippen molar-refractivity contribution in [3.05, 3.63) is 0 Å². The number of carbonyl (C=O) groups is 3. The maximum atomic E-state index is 12.8. The van der Waals surface area contributed by atoms with Crippen LogP contribution in [-0.4, -0.2) is 37.2 Å². The molecule has 0 unspecified atom stereocenters. The van der Waals surface area contributed by atoms with Crippen molar-refractivity contribution < 1.29 is 28.6 Å². The van der Waals surface area contributed by atoms with E-state index in [2.05, 4.69) is 27.7 Å². The highest BCUT2D eigenvalue weighted by Crippen LogP contribution is 2.18. The van der Waals surface area contributed by atoms with Gasteiger partial charge in [-0.25, -0.2) is 0 Å². The molecule has 0 spiro atoms. The van der Waals surface area contributed by atoms with Crippen molar-refractivity contribution in [1.29, 1.82) is 0 Å². The molecule has 0 N–H and O–H groups in total. The van der Waals surface area contributed by atoms with E-state index < -0.39 is 6.10 Å². The minimum absolute atomic E-state index is 0.0619. The zero-order valence-corrected chi connectivity index (χ0v) is 43.0. The molecule has 6 heteroatoms. The summed E-state index contributed by atoms with van der Waals surface area (Å²) >= 11 is 0. The van der Waals surface area contributed by atoms with Crippen LogP contribution >= 0.6 is 0 Å². The molecule has 0 aromatic carbocycles. The van der Waals surface area contributed by atoms with E-state index >= 15 is 0 Å². The Morgan fingerprint density at radius 2 is 0.524 bits per heavy atom. The molecule has 374 valence electrons. The third-order valence-electron chi connectivity index (χ3n) is 13.0. The highest BCUT2D eigenvalue weighted by atomic mass is 16.6. The maximum Gasteiger partial charge on any atom is 0.306 e. The lowest BCUT2D eigenvalue weighted by atomic mass is 10.0. The summed E-state index contributed by atoms with van der Waals surface area (Å²) < 4.78 is 16.9. The fourth-order valence-electron chi connectivity index (χ4n) is 8.75. The van der Waals surface area contributed by atoms with Gasteiger partial charge in [-0.05, 0) is 25.2 Å². The van der Waals surface area contributed by atoms with Crippen molar-refractivity contribution >= 4 is 17.9 Å². The minimum atomic E-state index is -0.761. The number of ether oxygens (including phenoxy) is 3. The SMILES string of the molecule is CCCCCCCCCCCCCCCCCCC(=O)OC[C@@H](COC(=O)CCCCCCCCCCCCCC)OC(=O)CCCCCCCCCCCCCCCCC(C)C. The zero-order chi connectivity index (χ0) is 45.9. The Morgan fingerprint density at radius 3 is 0.778 bits per heavy atom. The van der Waals surface area contributed by atoms with Gasteiger partial charge >= 0.3 is 17.9 Å². The first-order chi connectivity index (χ1) is 30.9. The molecule has 0 bridgehead atoms. The smallest absolute Gasteiger partial charge is 0.306 e. The van der Waals surface area contributed by atoms with E-state index in [0.717, 1.165) is 63.7 Å². The van der Waals surface area contributed by atoms with Crippen LogP contribution in [0.2, 0.25) is 0 Å². The number of hydrogen-bond acceptors (Lipinski definition) is 6. The van der Waals surface area contributed by atoms with E-state index in [4.69, 9.17) is 14.2 Å². The molecule has 0 heterocycles. The van der Waals surface area contributed by atoms with Crippen LogP contribution in [0.3, 0.4) is 0 Å². The molecule has 0 rings (SSSR count). The lowest BCUT2D eigenvalue weighted by Gasteiger charge is -2.18. The van der Waals surface area contributed by atoms with Crippen molar-refractivity contribution in [1.82, 2.24) is 0 Å². The highest BCUT2D eigenvalue weighted by molar-refractivity contribution is 5.71. The minimum Gasteiger partial charge on any atom is -0.462 e. The molecule has 0 fully saturated rings. The Bertz CT molecular complexity index is 949. The third-order valence-corrected chi connectivity index (χ3v) is 13.0. The zero-order valence-electron chi connectivity index (χ0n) is 43.0. The number of unbranched alkanes of at least 4 members (excludes halogenated alkanes) is 39. The summed E-state index contributed by atoms with van der Waals surface area (Å²) in [7, 11) is 0. The summed E-state index contributed by atoms with van der Waals surface area (Å²) in [6, 6.07) is 0. The Balaban J connectivity index is 4.28. The standard InChI is InChI=1S/C57H110O6/c1-5-7-9-11-13-15-17-19-20-21-25-29-33-37-41-45-49-56(59)62-52-54(51-61-55(58)48-44-40-36-32-28-18-16-14-12-10-8-6-2)63-57(60)50-46-42-38-34-30-26-23-22-24-27-31-35-39-43-47-53(3)4/h53-54H,5-52H2,1-4H3/t54-/m1/s1. The van der Waals surface area contributed by atoms with Crippen molar-refractivity contribution in [3.63, 3.8) is 0 Å². The first-order valence-electron chi connectivity index (χ1n) is 28.4. The molecule has 0 amide bonds. The van der Waals surface area contributed by atoms with E-state index in [1.54, 1.807) is 0 Å². The number of hydrogen-bond donors (Lipinski definition) is 0. The van der Waals surface area contributed by atoms with Gasteiger partial charge in [-0.2, -0.15) is 0 Å². The summed E-state index contributed by atoms with van der Waals surface area (Å²) in [5, 5.41) is 0. The van der Waals surface area contributed by atoms with Crippen LogP contribution in [0, 0.1) is 5.92 Å². The lowest BCUT2D eigenvalue weighted by molar-refractivity contribution is -0.167. The van der Waals surface area contributed by atoms with Crippen LogP contribution in [-0.2, 0) is 28.6 Å². The van der Waals surface area contributed by atoms with Crippen LogP contribution in [0.4, 0.5) is 0 Å². The summed E-state index contributed by atoms with van der Waals surface area (Å²) in [4.78, 5) is 38.1. The summed E-state index contributed by atoms with van der Waals surface area (Å²) in [6.45, 7) is 9.06. The molecule has 0 saturated carbocycles. The Morgan fingerprint density at radius 1 is 0.302 bits per heavy atom. The van der Waals surface area contributed by atoms with Gasteiger partial charge in [0.05, 0.1) is 0 Å². The summed E-state index contributed by atoms with van der Waals surface area (Å²) in [5.74, 6) is 0.00679. The van der Waals surface area contributed by atoms with Crippen molar-refractivity contribution in [2.24, 2.45) is 5.92 Å². The van der Waals surface area contributed by atoms with Crippen LogP contribution in [0.25, 0.3) is 0 Å². The van der Waals surface area contributed by atoms with Gasteiger partial charge in [-0.1, -0.05) is 285 Å². The molecule has 6 nitrogen and oxygen atoms in total. The lowest BCUT2D eigenvalue weighted by Crippen LogP contribution is -2.30. The predicted octanol–water partition coefficient (Wildman–Crippen LogP) is 18.6. The van der Waals surface area contributed by atoms with Crippen molar-refractivity contribution in [3.8, 4) is 0 Å². The van der Waals surface area contributed by atoms with Gasteiger partial charge < -0.3 is 14.2 Å². The molecule has 0 saturated heterocycles. The fraction of sp³-hybridized carbons (Fsp3) is 0.947. The molecule has 0 aliphatic rings. The molecule has 0 aliphatic heterocycles. The Kier molecular flexibility index (Phi) is 50.1. The van der Waals surface area contributed by atoms with Gasteiger partial charge in [0.25, 0.3) is 0 Å². The number of carbonyl (C=O) groups excluding carboxylic acids is 3. The normalized spacial score (nSPS) is 12.0. The van der Waals surface area contributed by atoms with E-state index in [-0.39, 0.29) is 31.1 Å². The van der Waals surface area contributed by atoms with Gasteiger partial charge in [-0.15, -0.1) is 0 Å². The highest BCUT2D eigenvalue weighted by Gasteiger charge is 2.19. The topological polar surface area (TPSA) is 78.9 Å². The molecule has 0 aliphatic carbocycles. The average Bonchev–Trinajstić information content (AvgIpc) is 3.27. The largest absolute Gasteiger partial charge is 0.462 e. The number of esters is 3. The number of rotatable bonds is 52. The first-order valence-corrected chi connectivity index (χ1v) is 28.4. The van der Waals surface area contributed by atoms with Crippen LogP contribution in [0.15, 0.2) is 0 Å². The molecule has 0 aromatic heterocycles. The van der Waals surface area contributed by atoms with Crippen LogP contribution < -0.4 is 0 Å². The van der Waals surface area contributed by atoms with Gasteiger partial charge in [-0.3, -0.25) is 14.4 Å². The molecule has 63 heavy (non-hydrogen) atoms. The van der Waals surface area contributed by atoms with Gasteiger partial charge in [0.15, 0.2) is 6.10 Å². The van der Waals surface area contributed by atoms with E-state index in [9.17, 15) is 14.4 Å². The Hall–Kier alpha value is -1.59. The van der Waals surface area contributed by atoms with E-state index in [1.165, 1.54) is 218 Å². The summed E-state index contributed by atoms with van der Waals surface area (Å²) in [5.41, 5.74) is 0. The third kappa shape index (κ3) is 51.3. The second-order valence-corrected chi connectivity index (χ2v) is 20.1. The van der Waals surface area contributed by atoms with Gasteiger partial charge in [0.1, 0.15) is 13.2 Å². The van der Waals surface area contributed by atoms with Gasteiger partial charge in [0, 0.05) is 19.3 Å². The van der Waals surface area contributed by atoms with E-state index in [1.807, 2.05) is 0 Å². The Labute approximate surface area is 393 Å². The summed E-state index contributed by atoms with van der Waals surface area (Å²) in [6.07, 6.45) is 55.2. The van der Waals surface area contributed by atoms with Crippen molar-refractivity contribution in [2.75, 3.05) is 13.2 Å².